The largest absolute Gasteiger partial charge is 0.465 e. The van der Waals surface area contributed by atoms with E-state index in [0.29, 0.717) is 81.6 Å². The number of esters is 8. The van der Waals surface area contributed by atoms with Crippen molar-refractivity contribution in [3.63, 3.8) is 0 Å². The van der Waals surface area contributed by atoms with Crippen LogP contribution in [0.5, 0.6) is 11.5 Å². The van der Waals surface area contributed by atoms with Crippen molar-refractivity contribution in [1.29, 1.82) is 0 Å². The first kappa shape index (κ1) is 55.1. The van der Waals surface area contributed by atoms with Crippen molar-refractivity contribution in [3.8, 4) is 11.5 Å². The fraction of sp³-hybridized carbons (Fsp3) is 0.630. The van der Waals surface area contributed by atoms with Gasteiger partial charge >= 0.3 is 47.8 Å². The fourth-order valence-corrected chi connectivity index (χ4v) is 10.4. The lowest BCUT2D eigenvalue weighted by Crippen LogP contribution is -2.32. The summed E-state index contributed by atoms with van der Waals surface area (Å²) in [6.45, 7) is 10.7. The van der Waals surface area contributed by atoms with E-state index < -0.39 is 35.8 Å². The molecule has 1 aromatic rings. The van der Waals surface area contributed by atoms with E-state index in [0.717, 1.165) is 95.3 Å². The van der Waals surface area contributed by atoms with Gasteiger partial charge in [0, 0.05) is 18.2 Å². The summed E-state index contributed by atoms with van der Waals surface area (Å²) >= 11 is 0. The maximum absolute atomic E-state index is 13.6. The molecule has 0 N–H and O–H groups in total. The van der Waals surface area contributed by atoms with Crippen molar-refractivity contribution in [1.82, 2.24) is 0 Å². The predicted molar refractivity (Wildman–Crippen MR) is 254 cm³/mol. The van der Waals surface area contributed by atoms with Crippen LogP contribution in [0.3, 0.4) is 0 Å². The molecular weight excluding hydrogens is 905 g/mol. The van der Waals surface area contributed by atoms with Crippen LogP contribution in [0.25, 0.3) is 0 Å². The van der Waals surface area contributed by atoms with Gasteiger partial charge in [-0.25, -0.2) is 19.2 Å². The second kappa shape index (κ2) is 29.4. The number of benzene rings is 1. The average molecular weight is 977 g/mol. The predicted octanol–water partition coefficient (Wildman–Crippen LogP) is 8.71. The van der Waals surface area contributed by atoms with E-state index in [2.05, 4.69) is 19.7 Å². The molecule has 0 atom stereocenters. The number of rotatable bonds is 25. The van der Waals surface area contributed by atoms with E-state index in [1.165, 1.54) is 18.2 Å². The van der Waals surface area contributed by atoms with Gasteiger partial charge in [0.15, 0.2) is 0 Å². The zero-order chi connectivity index (χ0) is 50.3. The monoisotopic (exact) mass is 976 g/mol. The minimum absolute atomic E-state index is 0.0337. The number of carbonyl (C=O) groups is 8. The molecule has 4 aliphatic carbocycles. The molecule has 70 heavy (non-hydrogen) atoms. The molecule has 5 rings (SSSR count). The van der Waals surface area contributed by atoms with Crippen molar-refractivity contribution < 1.29 is 76.3 Å². The van der Waals surface area contributed by atoms with Crippen LogP contribution < -0.4 is 9.47 Å². The van der Waals surface area contributed by atoms with Crippen LogP contribution in [0.2, 0.25) is 0 Å². The highest BCUT2D eigenvalue weighted by molar-refractivity contribution is 5.94. The first-order valence-corrected chi connectivity index (χ1v) is 25.3. The lowest BCUT2D eigenvalue weighted by atomic mass is 9.69. The number of carbonyl (C=O) groups excluding carboxylic acids is 8. The van der Waals surface area contributed by atoms with Crippen LogP contribution in [0.15, 0.2) is 56.2 Å². The maximum atomic E-state index is 13.6. The lowest BCUT2D eigenvalue weighted by Gasteiger charge is -2.36. The Morgan fingerprint density at radius 2 is 0.729 bits per heavy atom. The molecule has 0 aliphatic heterocycles. The minimum Gasteiger partial charge on any atom is -0.465 e. The second-order valence-corrected chi connectivity index (χ2v) is 18.9. The van der Waals surface area contributed by atoms with Crippen molar-refractivity contribution in [2.24, 2.45) is 47.3 Å². The molecule has 0 unspecified atom stereocenters. The molecule has 0 aromatic heterocycles. The molecule has 0 bridgehead atoms. The van der Waals surface area contributed by atoms with E-state index >= 15 is 0 Å². The number of ether oxygens (including phenoxy) is 8. The smallest absolute Gasteiger partial charge is 0.342 e. The Hall–Kier alpha value is -5.80. The lowest BCUT2D eigenvalue weighted by molar-refractivity contribution is -0.151. The third-order valence-electron chi connectivity index (χ3n) is 14.5. The Labute approximate surface area is 411 Å². The van der Waals surface area contributed by atoms with Crippen LogP contribution in [0.1, 0.15) is 139 Å². The maximum Gasteiger partial charge on any atom is 0.342 e. The number of hydrogen-bond donors (Lipinski definition) is 0. The van der Waals surface area contributed by atoms with Crippen LogP contribution in [-0.4, -0.2) is 87.4 Å². The normalized spacial score (nSPS) is 24.3. The zero-order valence-corrected chi connectivity index (χ0v) is 40.6. The summed E-state index contributed by atoms with van der Waals surface area (Å²) in [4.78, 5) is 99.7. The van der Waals surface area contributed by atoms with Gasteiger partial charge in [-0.05, 0) is 170 Å². The molecule has 4 saturated carbocycles. The Balaban J connectivity index is 1.05. The standard InChI is InChI=1S/C54H72O16/c1-4-47(55)63-29-7-9-31-66-50(58)40-19-11-36(12-20-40)38-15-23-42(24-16-38)52(60)69-44-27-28-46(45(35-44)54(62)68-34-33-65-49(57)6-3)70-53(61)43-25-17-39(18-26-43)37-13-21-41(22-14-37)51(59)67-32-10-8-30-64-48(56)5-2/h4-6,27-28,35-43H,1-3,7-26,29-34H2. The topological polar surface area (TPSA) is 210 Å². The summed E-state index contributed by atoms with van der Waals surface area (Å²) < 4.78 is 42.9. The summed E-state index contributed by atoms with van der Waals surface area (Å²) in [7, 11) is 0. The second-order valence-electron chi connectivity index (χ2n) is 18.9. The molecule has 384 valence electrons. The van der Waals surface area contributed by atoms with Gasteiger partial charge in [-0.1, -0.05) is 19.7 Å². The van der Waals surface area contributed by atoms with Gasteiger partial charge in [0.25, 0.3) is 0 Å². The molecule has 0 spiro atoms. The zero-order valence-electron chi connectivity index (χ0n) is 40.6. The highest BCUT2D eigenvalue weighted by Crippen LogP contribution is 2.44. The van der Waals surface area contributed by atoms with Crippen LogP contribution in [0.4, 0.5) is 0 Å². The van der Waals surface area contributed by atoms with Crippen molar-refractivity contribution in [2.75, 3.05) is 39.6 Å². The Bertz CT molecular complexity index is 1960. The summed E-state index contributed by atoms with van der Waals surface area (Å²) in [5.74, 6) is -2.80. The number of unbranched alkanes of at least 4 members (excludes halogenated alkanes) is 2. The summed E-state index contributed by atoms with van der Waals surface area (Å²) in [6.07, 6.45) is 18.3. The van der Waals surface area contributed by atoms with Gasteiger partial charge in [-0.15, -0.1) is 0 Å². The molecule has 1 aromatic carbocycles. The summed E-state index contributed by atoms with van der Waals surface area (Å²) in [5.41, 5.74) is -0.110. The van der Waals surface area contributed by atoms with E-state index in [1.54, 1.807) is 0 Å². The van der Waals surface area contributed by atoms with Crippen LogP contribution >= 0.6 is 0 Å². The van der Waals surface area contributed by atoms with Gasteiger partial charge in [0.05, 0.1) is 50.1 Å². The first-order valence-electron chi connectivity index (χ1n) is 25.3. The van der Waals surface area contributed by atoms with Crippen molar-refractivity contribution in [2.45, 2.75) is 128 Å². The minimum atomic E-state index is -0.850. The van der Waals surface area contributed by atoms with Crippen LogP contribution in [0, 0.1) is 47.3 Å². The summed E-state index contributed by atoms with van der Waals surface area (Å²) in [6, 6.07) is 4.26. The van der Waals surface area contributed by atoms with Crippen molar-refractivity contribution >= 4 is 47.8 Å². The summed E-state index contributed by atoms with van der Waals surface area (Å²) in [5, 5.41) is 0. The molecule has 4 fully saturated rings. The molecule has 0 amide bonds. The average Bonchev–Trinajstić information content (AvgIpc) is 3.39. The van der Waals surface area contributed by atoms with Gasteiger partial charge in [-0.3, -0.25) is 19.2 Å². The van der Waals surface area contributed by atoms with E-state index in [1.807, 2.05) is 0 Å². The third kappa shape index (κ3) is 17.9. The Kier molecular flexibility index (Phi) is 23.2. The first-order chi connectivity index (χ1) is 33.9. The molecule has 0 radical (unpaired) electrons. The Morgan fingerprint density at radius 3 is 1.11 bits per heavy atom. The van der Waals surface area contributed by atoms with Gasteiger partial charge < -0.3 is 37.9 Å². The van der Waals surface area contributed by atoms with E-state index in [-0.39, 0.29) is 85.7 Å². The highest BCUT2D eigenvalue weighted by atomic mass is 16.6. The van der Waals surface area contributed by atoms with Crippen molar-refractivity contribution in [3.05, 3.63) is 61.7 Å². The SMILES string of the molecule is C=CC(=O)OCCCCOC(=O)C1CCC(C2CCC(C(=O)Oc3ccc(OC(=O)C4CCC(C5CCC(C(=O)OCCCCOC(=O)C=C)CC5)CC4)c(C(=O)OCCOC(=O)C=C)c3)CC2)CC1. The molecule has 0 heterocycles. The molecular formula is C54H72O16. The quantitative estimate of drug-likeness (QED) is 0.0295. The van der Waals surface area contributed by atoms with Crippen LogP contribution in [-0.2, 0) is 62.0 Å². The van der Waals surface area contributed by atoms with Gasteiger partial charge in [0.2, 0.25) is 0 Å². The Morgan fingerprint density at radius 1 is 0.400 bits per heavy atom. The fourth-order valence-electron chi connectivity index (χ4n) is 10.4. The number of hydrogen-bond acceptors (Lipinski definition) is 16. The van der Waals surface area contributed by atoms with Gasteiger partial charge in [0.1, 0.15) is 30.3 Å². The molecule has 4 aliphatic rings. The molecule has 0 saturated heterocycles. The molecule has 16 nitrogen and oxygen atoms in total. The highest BCUT2D eigenvalue weighted by Gasteiger charge is 2.38. The molecule has 16 heteroatoms. The van der Waals surface area contributed by atoms with Gasteiger partial charge in [-0.2, -0.15) is 0 Å². The van der Waals surface area contributed by atoms with E-state index in [9.17, 15) is 38.4 Å². The third-order valence-corrected chi connectivity index (χ3v) is 14.5. The van der Waals surface area contributed by atoms with E-state index in [4.69, 9.17) is 37.9 Å².